The molecule has 1 N–H and O–H groups in total. The van der Waals surface area contributed by atoms with Crippen molar-refractivity contribution in [3.8, 4) is 5.88 Å². The Morgan fingerprint density at radius 2 is 2.50 bits per heavy atom. The first-order chi connectivity index (χ1) is 5.77. The molecule has 1 aromatic rings. The molecule has 0 aromatic carbocycles. The second kappa shape index (κ2) is 4.42. The molecule has 66 valence electrons. The number of rotatable bonds is 3. The number of ether oxygens (including phenoxy) is 1. The van der Waals surface area contributed by atoms with Crippen LogP contribution in [0, 0.1) is 0 Å². The summed E-state index contributed by atoms with van der Waals surface area (Å²) in [5.74, 6) is 0.521. The summed E-state index contributed by atoms with van der Waals surface area (Å²) >= 11 is 3.19. The standard InChI is InChI=1S/C8H10BrNO2/c1-12-8-4-6(2-3-10-8)7(11)5-9/h2-4,7,11H,5H2,1H3. The van der Waals surface area contributed by atoms with E-state index in [0.717, 1.165) is 5.56 Å². The van der Waals surface area contributed by atoms with Crippen LogP contribution in [0.2, 0.25) is 0 Å². The summed E-state index contributed by atoms with van der Waals surface area (Å²) in [5, 5.41) is 9.93. The molecule has 0 saturated carbocycles. The summed E-state index contributed by atoms with van der Waals surface area (Å²) < 4.78 is 4.91. The Kier molecular flexibility index (Phi) is 3.49. The first-order valence-corrected chi connectivity index (χ1v) is 4.64. The van der Waals surface area contributed by atoms with E-state index in [2.05, 4.69) is 20.9 Å². The van der Waals surface area contributed by atoms with Gasteiger partial charge in [-0.1, -0.05) is 15.9 Å². The van der Waals surface area contributed by atoms with Crippen LogP contribution in [-0.2, 0) is 0 Å². The number of aliphatic hydroxyl groups is 1. The van der Waals surface area contributed by atoms with Crippen LogP contribution >= 0.6 is 15.9 Å². The number of aromatic nitrogens is 1. The van der Waals surface area contributed by atoms with Gasteiger partial charge in [-0.2, -0.15) is 0 Å². The van der Waals surface area contributed by atoms with E-state index in [4.69, 9.17) is 4.74 Å². The van der Waals surface area contributed by atoms with Crippen molar-refractivity contribution in [3.63, 3.8) is 0 Å². The van der Waals surface area contributed by atoms with Gasteiger partial charge in [0.25, 0.3) is 0 Å². The monoisotopic (exact) mass is 231 g/mol. The van der Waals surface area contributed by atoms with Gasteiger partial charge in [-0.15, -0.1) is 0 Å². The Morgan fingerprint density at radius 1 is 1.75 bits per heavy atom. The van der Waals surface area contributed by atoms with E-state index in [-0.39, 0.29) is 0 Å². The molecule has 1 heterocycles. The lowest BCUT2D eigenvalue weighted by Crippen LogP contribution is -1.99. The van der Waals surface area contributed by atoms with Crippen molar-refractivity contribution in [2.24, 2.45) is 0 Å². The van der Waals surface area contributed by atoms with Gasteiger partial charge in [0.1, 0.15) is 0 Å². The second-order valence-corrected chi connectivity index (χ2v) is 2.95. The Hall–Kier alpha value is -0.610. The maximum Gasteiger partial charge on any atom is 0.213 e. The van der Waals surface area contributed by atoms with E-state index in [1.165, 1.54) is 0 Å². The fourth-order valence-corrected chi connectivity index (χ4v) is 1.21. The third-order valence-electron chi connectivity index (χ3n) is 1.50. The van der Waals surface area contributed by atoms with Crippen LogP contribution in [0.4, 0.5) is 0 Å². The highest BCUT2D eigenvalue weighted by molar-refractivity contribution is 9.09. The minimum Gasteiger partial charge on any atom is -0.481 e. The van der Waals surface area contributed by atoms with E-state index in [1.54, 1.807) is 25.4 Å². The van der Waals surface area contributed by atoms with Gasteiger partial charge >= 0.3 is 0 Å². The molecule has 1 aromatic heterocycles. The van der Waals surface area contributed by atoms with E-state index in [9.17, 15) is 5.11 Å². The molecular formula is C8H10BrNO2. The molecule has 0 aliphatic rings. The van der Waals surface area contributed by atoms with E-state index >= 15 is 0 Å². The highest BCUT2D eigenvalue weighted by Crippen LogP contribution is 2.17. The predicted molar refractivity (Wildman–Crippen MR) is 49.5 cm³/mol. The maximum atomic E-state index is 9.42. The van der Waals surface area contributed by atoms with Gasteiger partial charge in [-0.05, 0) is 11.6 Å². The highest BCUT2D eigenvalue weighted by Gasteiger charge is 2.05. The van der Waals surface area contributed by atoms with E-state index in [1.807, 2.05) is 0 Å². The summed E-state index contributed by atoms with van der Waals surface area (Å²) in [6.07, 6.45) is 1.11. The molecule has 0 aliphatic carbocycles. The third kappa shape index (κ3) is 2.19. The molecule has 0 bridgehead atoms. The van der Waals surface area contributed by atoms with Crippen LogP contribution in [0.3, 0.4) is 0 Å². The van der Waals surface area contributed by atoms with Crippen molar-refractivity contribution in [2.45, 2.75) is 6.10 Å². The predicted octanol–water partition coefficient (Wildman–Crippen LogP) is 1.52. The molecule has 12 heavy (non-hydrogen) atoms. The van der Waals surface area contributed by atoms with Crippen LogP contribution in [0.25, 0.3) is 0 Å². The summed E-state index contributed by atoms with van der Waals surface area (Å²) in [4.78, 5) is 3.93. The molecule has 0 aliphatic heterocycles. The second-order valence-electron chi connectivity index (χ2n) is 2.30. The minimum atomic E-state index is -0.498. The molecule has 1 unspecified atom stereocenters. The van der Waals surface area contributed by atoms with Crippen molar-refractivity contribution in [3.05, 3.63) is 23.9 Å². The zero-order chi connectivity index (χ0) is 8.97. The van der Waals surface area contributed by atoms with Gasteiger partial charge in [-0.3, -0.25) is 0 Å². The van der Waals surface area contributed by atoms with E-state index in [0.29, 0.717) is 11.2 Å². The van der Waals surface area contributed by atoms with Crippen LogP contribution in [0.5, 0.6) is 5.88 Å². The molecule has 4 heteroatoms. The van der Waals surface area contributed by atoms with Gasteiger partial charge in [0.15, 0.2) is 0 Å². The quantitative estimate of drug-likeness (QED) is 0.803. The molecule has 3 nitrogen and oxygen atoms in total. The molecule has 0 saturated heterocycles. The number of methoxy groups -OCH3 is 1. The lowest BCUT2D eigenvalue weighted by atomic mass is 10.2. The van der Waals surface area contributed by atoms with Crippen molar-refractivity contribution < 1.29 is 9.84 Å². The smallest absolute Gasteiger partial charge is 0.213 e. The van der Waals surface area contributed by atoms with Gasteiger partial charge < -0.3 is 9.84 Å². The summed E-state index contributed by atoms with van der Waals surface area (Å²) in [6.45, 7) is 0. The van der Waals surface area contributed by atoms with Gasteiger partial charge in [0.2, 0.25) is 5.88 Å². The summed E-state index contributed by atoms with van der Waals surface area (Å²) in [5.41, 5.74) is 0.804. The number of hydrogen-bond acceptors (Lipinski definition) is 3. The Balaban J connectivity index is 2.86. The average molecular weight is 232 g/mol. The Morgan fingerprint density at radius 3 is 3.08 bits per heavy atom. The molecule has 0 spiro atoms. The van der Waals surface area contributed by atoms with E-state index < -0.39 is 6.10 Å². The van der Waals surface area contributed by atoms with Crippen LogP contribution in [0.15, 0.2) is 18.3 Å². The normalized spacial score (nSPS) is 12.6. The average Bonchev–Trinajstić information content (AvgIpc) is 2.17. The third-order valence-corrected chi connectivity index (χ3v) is 2.11. The lowest BCUT2D eigenvalue weighted by Gasteiger charge is -2.07. The topological polar surface area (TPSA) is 42.4 Å². The fraction of sp³-hybridized carbons (Fsp3) is 0.375. The molecule has 0 fully saturated rings. The van der Waals surface area contributed by atoms with Gasteiger partial charge in [0.05, 0.1) is 13.2 Å². The first kappa shape index (κ1) is 9.48. The minimum absolute atomic E-state index is 0.498. The fourth-order valence-electron chi connectivity index (χ4n) is 0.833. The Labute approximate surface area is 79.5 Å². The summed E-state index contributed by atoms with van der Waals surface area (Å²) in [6, 6.07) is 3.47. The molecular weight excluding hydrogens is 222 g/mol. The van der Waals surface area contributed by atoms with Crippen molar-refractivity contribution >= 4 is 15.9 Å². The lowest BCUT2D eigenvalue weighted by molar-refractivity contribution is 0.204. The first-order valence-electron chi connectivity index (χ1n) is 3.52. The number of aliphatic hydroxyl groups excluding tert-OH is 1. The summed E-state index contributed by atoms with van der Waals surface area (Å²) in [7, 11) is 1.55. The molecule has 1 rings (SSSR count). The molecule has 0 radical (unpaired) electrons. The van der Waals surface area contributed by atoms with Crippen molar-refractivity contribution in [1.82, 2.24) is 4.98 Å². The largest absolute Gasteiger partial charge is 0.481 e. The Bertz CT molecular complexity index is 255. The van der Waals surface area contributed by atoms with Crippen molar-refractivity contribution in [2.75, 3.05) is 12.4 Å². The SMILES string of the molecule is COc1cc(C(O)CBr)ccn1. The van der Waals surface area contributed by atoms with Crippen LogP contribution in [0.1, 0.15) is 11.7 Å². The number of halogens is 1. The van der Waals surface area contributed by atoms with Crippen LogP contribution < -0.4 is 4.74 Å². The zero-order valence-corrected chi connectivity index (χ0v) is 8.28. The maximum absolute atomic E-state index is 9.42. The number of alkyl halides is 1. The zero-order valence-electron chi connectivity index (χ0n) is 6.70. The van der Waals surface area contributed by atoms with Crippen LogP contribution in [-0.4, -0.2) is 22.5 Å². The molecule has 0 amide bonds. The molecule has 1 atom stereocenters. The highest BCUT2D eigenvalue weighted by atomic mass is 79.9. The number of nitrogens with zero attached hydrogens (tertiary/aromatic N) is 1. The van der Waals surface area contributed by atoms with Gasteiger partial charge in [-0.25, -0.2) is 4.98 Å². The number of pyridine rings is 1. The number of hydrogen-bond donors (Lipinski definition) is 1. The van der Waals surface area contributed by atoms with Gasteiger partial charge in [0, 0.05) is 17.6 Å². The van der Waals surface area contributed by atoms with Crippen molar-refractivity contribution in [1.29, 1.82) is 0 Å².